The molecule has 0 aromatic rings. The minimum absolute atomic E-state index is 0.0428. The second kappa shape index (κ2) is 13.9. The van der Waals surface area contributed by atoms with Crippen molar-refractivity contribution in [3.05, 3.63) is 0 Å². The molecule has 0 aliphatic carbocycles. The average molecular weight is 374 g/mol. The van der Waals surface area contributed by atoms with Crippen LogP contribution in [0.3, 0.4) is 0 Å². The number of carboxylic acids is 1. The van der Waals surface area contributed by atoms with Gasteiger partial charge in [-0.1, -0.05) is 27.2 Å². The summed E-state index contributed by atoms with van der Waals surface area (Å²) in [5, 5.41) is 13.9. The minimum atomic E-state index is -1.09. The zero-order valence-corrected chi connectivity index (χ0v) is 15.7. The second-order valence-electron chi connectivity index (χ2n) is 6.28. The van der Waals surface area contributed by atoms with Crippen molar-refractivity contribution in [2.45, 2.75) is 65.3 Å². The van der Waals surface area contributed by atoms with E-state index in [2.05, 4.69) is 10.6 Å². The molecule has 0 fully saturated rings. The Morgan fingerprint density at radius 3 is 2.08 bits per heavy atom. The molecule has 0 aliphatic rings. The monoisotopic (exact) mass is 374 g/mol. The van der Waals surface area contributed by atoms with E-state index < -0.39 is 36.8 Å². The number of urea groups is 1. The van der Waals surface area contributed by atoms with E-state index in [9.17, 15) is 19.2 Å². The highest BCUT2D eigenvalue weighted by molar-refractivity contribution is 5.82. The number of esters is 2. The third-order valence-electron chi connectivity index (χ3n) is 3.33. The molecule has 0 saturated heterocycles. The van der Waals surface area contributed by atoms with Crippen LogP contribution in [0.15, 0.2) is 0 Å². The molecule has 1 atom stereocenters. The maximum atomic E-state index is 11.7. The van der Waals surface area contributed by atoms with Crippen LogP contribution in [0.2, 0.25) is 0 Å². The van der Waals surface area contributed by atoms with Crippen LogP contribution >= 0.6 is 0 Å². The lowest BCUT2D eigenvalue weighted by atomic mass is 10.0. The largest absolute Gasteiger partial charge is 0.480 e. The van der Waals surface area contributed by atoms with E-state index in [1.165, 1.54) is 0 Å². The summed E-state index contributed by atoms with van der Waals surface area (Å²) in [5.74, 6) is -1.92. The molecule has 26 heavy (non-hydrogen) atoms. The van der Waals surface area contributed by atoms with E-state index in [1.807, 2.05) is 20.8 Å². The maximum Gasteiger partial charge on any atom is 0.326 e. The molecule has 0 spiro atoms. The van der Waals surface area contributed by atoms with Gasteiger partial charge in [0.05, 0.1) is 0 Å². The fourth-order valence-electron chi connectivity index (χ4n) is 1.96. The van der Waals surface area contributed by atoms with Crippen molar-refractivity contribution in [2.75, 3.05) is 13.3 Å². The molecular formula is C17H30N2O7. The summed E-state index contributed by atoms with van der Waals surface area (Å²) in [6.45, 7) is 5.45. The molecule has 0 aromatic heterocycles. The molecule has 9 nitrogen and oxygen atoms in total. The molecule has 3 N–H and O–H groups in total. The lowest BCUT2D eigenvalue weighted by Crippen LogP contribution is -2.46. The van der Waals surface area contributed by atoms with Gasteiger partial charge in [-0.15, -0.1) is 0 Å². The molecule has 0 heterocycles. The third kappa shape index (κ3) is 13.0. The summed E-state index contributed by atoms with van der Waals surface area (Å²) < 4.78 is 9.49. The van der Waals surface area contributed by atoms with Gasteiger partial charge in [-0.05, 0) is 25.2 Å². The van der Waals surface area contributed by atoms with Crippen molar-refractivity contribution in [3.63, 3.8) is 0 Å². The van der Waals surface area contributed by atoms with Crippen molar-refractivity contribution in [2.24, 2.45) is 5.92 Å². The highest BCUT2D eigenvalue weighted by atomic mass is 16.7. The molecular weight excluding hydrogens is 344 g/mol. The SMILES string of the molecule is CCCCC(=O)OCOC(=O)CCCNC(=O)NC(CC(C)C)C(=O)O. The van der Waals surface area contributed by atoms with Gasteiger partial charge >= 0.3 is 23.9 Å². The second-order valence-corrected chi connectivity index (χ2v) is 6.28. The zero-order chi connectivity index (χ0) is 19.9. The Labute approximate surface area is 153 Å². The Morgan fingerprint density at radius 2 is 1.58 bits per heavy atom. The molecule has 0 aliphatic heterocycles. The van der Waals surface area contributed by atoms with Gasteiger partial charge < -0.3 is 25.2 Å². The number of unbranched alkanes of at least 4 members (excludes halogenated alkanes) is 1. The van der Waals surface area contributed by atoms with Gasteiger partial charge in [0.1, 0.15) is 6.04 Å². The summed E-state index contributed by atoms with van der Waals surface area (Å²) in [4.78, 5) is 45.4. The number of carboxylic acid groups (broad SMARTS) is 1. The lowest BCUT2D eigenvalue weighted by Gasteiger charge is -2.16. The van der Waals surface area contributed by atoms with Gasteiger partial charge in [-0.2, -0.15) is 0 Å². The fourth-order valence-corrected chi connectivity index (χ4v) is 1.96. The van der Waals surface area contributed by atoms with Crippen molar-refractivity contribution >= 4 is 23.9 Å². The van der Waals surface area contributed by atoms with E-state index in [-0.39, 0.29) is 18.9 Å². The zero-order valence-electron chi connectivity index (χ0n) is 15.7. The lowest BCUT2D eigenvalue weighted by molar-refractivity contribution is -0.167. The van der Waals surface area contributed by atoms with Crippen molar-refractivity contribution in [3.8, 4) is 0 Å². The first-order valence-corrected chi connectivity index (χ1v) is 8.84. The normalized spacial score (nSPS) is 11.5. The Bertz CT molecular complexity index is 466. The first-order valence-electron chi connectivity index (χ1n) is 8.84. The molecule has 9 heteroatoms. The van der Waals surface area contributed by atoms with E-state index in [0.717, 1.165) is 12.8 Å². The van der Waals surface area contributed by atoms with Crippen LogP contribution in [0.4, 0.5) is 4.79 Å². The summed E-state index contributed by atoms with van der Waals surface area (Å²) in [6.07, 6.45) is 2.58. The number of carbonyl (C=O) groups is 4. The Kier molecular flexibility index (Phi) is 12.7. The van der Waals surface area contributed by atoms with Crippen LogP contribution in [0.25, 0.3) is 0 Å². The molecule has 0 bridgehead atoms. The number of rotatable bonds is 13. The maximum absolute atomic E-state index is 11.7. The highest BCUT2D eigenvalue weighted by Crippen LogP contribution is 2.04. The number of hydrogen-bond donors (Lipinski definition) is 3. The van der Waals surface area contributed by atoms with Crippen LogP contribution in [0.1, 0.15) is 59.3 Å². The van der Waals surface area contributed by atoms with E-state index in [0.29, 0.717) is 19.3 Å². The molecule has 0 radical (unpaired) electrons. The van der Waals surface area contributed by atoms with Crippen LogP contribution in [-0.2, 0) is 23.9 Å². The minimum Gasteiger partial charge on any atom is -0.480 e. The standard InChI is InChI=1S/C17H30N2O7/c1-4-5-7-14(20)25-11-26-15(21)8-6-9-18-17(24)19-13(16(22)23)10-12(2)3/h12-13H,4-11H2,1-3H3,(H,22,23)(H2,18,19,24). The number of amides is 2. The predicted octanol–water partition coefficient (Wildman–Crippen LogP) is 1.80. The molecule has 0 rings (SSSR count). The quantitative estimate of drug-likeness (QED) is 0.254. The summed E-state index contributed by atoms with van der Waals surface area (Å²) in [6, 6.07) is -1.56. The van der Waals surface area contributed by atoms with Crippen LogP contribution < -0.4 is 10.6 Å². The fraction of sp³-hybridized carbons (Fsp3) is 0.765. The number of hydrogen-bond acceptors (Lipinski definition) is 6. The van der Waals surface area contributed by atoms with E-state index >= 15 is 0 Å². The van der Waals surface area contributed by atoms with Gasteiger partial charge in [0.15, 0.2) is 0 Å². The molecule has 150 valence electrons. The Balaban J connectivity index is 3.83. The summed E-state index contributed by atoms with van der Waals surface area (Å²) in [5.41, 5.74) is 0. The number of aliphatic carboxylic acids is 1. The van der Waals surface area contributed by atoms with Crippen LogP contribution in [-0.4, -0.2) is 48.4 Å². The van der Waals surface area contributed by atoms with E-state index in [1.54, 1.807) is 0 Å². The Morgan fingerprint density at radius 1 is 1.00 bits per heavy atom. The van der Waals surface area contributed by atoms with E-state index in [4.69, 9.17) is 14.6 Å². The molecule has 2 amide bonds. The number of carbonyl (C=O) groups excluding carboxylic acids is 3. The number of nitrogens with one attached hydrogen (secondary N) is 2. The van der Waals surface area contributed by atoms with Gasteiger partial charge in [0, 0.05) is 19.4 Å². The topological polar surface area (TPSA) is 131 Å². The smallest absolute Gasteiger partial charge is 0.326 e. The first-order chi connectivity index (χ1) is 12.3. The van der Waals surface area contributed by atoms with Crippen molar-refractivity contribution in [1.29, 1.82) is 0 Å². The predicted molar refractivity (Wildman–Crippen MR) is 93.2 cm³/mol. The number of ether oxygens (including phenoxy) is 2. The van der Waals surface area contributed by atoms with Gasteiger partial charge in [0.25, 0.3) is 0 Å². The van der Waals surface area contributed by atoms with Gasteiger partial charge in [-0.3, -0.25) is 9.59 Å². The van der Waals surface area contributed by atoms with Crippen LogP contribution in [0.5, 0.6) is 0 Å². The molecule has 0 saturated carbocycles. The molecule has 0 aromatic carbocycles. The first kappa shape index (κ1) is 23.7. The summed E-state index contributed by atoms with van der Waals surface area (Å²) in [7, 11) is 0. The average Bonchev–Trinajstić information content (AvgIpc) is 2.55. The third-order valence-corrected chi connectivity index (χ3v) is 3.33. The van der Waals surface area contributed by atoms with Crippen LogP contribution in [0, 0.1) is 5.92 Å². The molecule has 1 unspecified atom stereocenters. The van der Waals surface area contributed by atoms with Gasteiger partial charge in [0.2, 0.25) is 6.79 Å². The summed E-state index contributed by atoms with van der Waals surface area (Å²) >= 11 is 0. The van der Waals surface area contributed by atoms with Crippen molar-refractivity contribution < 1.29 is 33.8 Å². The van der Waals surface area contributed by atoms with Crippen molar-refractivity contribution in [1.82, 2.24) is 10.6 Å². The Hall–Kier alpha value is -2.32. The van der Waals surface area contributed by atoms with Gasteiger partial charge in [-0.25, -0.2) is 9.59 Å². The highest BCUT2D eigenvalue weighted by Gasteiger charge is 2.20.